The highest BCUT2D eigenvalue weighted by Gasteiger charge is 2.57. The fraction of sp³-hybridized carbons (Fsp3) is 0.684. The van der Waals surface area contributed by atoms with Gasteiger partial charge in [0.25, 0.3) is 0 Å². The maximum absolute atomic E-state index is 12.7. The van der Waals surface area contributed by atoms with Crippen LogP contribution in [0.5, 0.6) is 5.75 Å². The first-order valence-corrected chi connectivity index (χ1v) is 11.9. The molecule has 4 aliphatic rings. The number of carbonyl (C=O) groups excluding carboxylic acids is 1. The Bertz CT molecular complexity index is 997. The molecule has 3 aliphatic heterocycles. The third-order valence-electron chi connectivity index (χ3n) is 6.54. The van der Waals surface area contributed by atoms with Gasteiger partial charge in [0, 0.05) is 37.3 Å². The van der Waals surface area contributed by atoms with Crippen LogP contribution in [0.3, 0.4) is 0 Å². The summed E-state index contributed by atoms with van der Waals surface area (Å²) in [4.78, 5) is 20.1. The summed E-state index contributed by atoms with van der Waals surface area (Å²) in [6.45, 7) is 2.20. The van der Waals surface area contributed by atoms with Crippen molar-refractivity contribution in [2.75, 3.05) is 38.7 Å². The Kier molecular flexibility index (Phi) is 4.88. The van der Waals surface area contributed by atoms with Crippen LogP contribution in [0, 0.1) is 11.3 Å². The minimum Gasteiger partial charge on any atom is -0.404 e. The van der Waals surface area contributed by atoms with E-state index in [9.17, 15) is 26.4 Å². The number of nitrogens with zero attached hydrogens (tertiary/aromatic N) is 3. The van der Waals surface area contributed by atoms with E-state index in [0.29, 0.717) is 38.5 Å². The van der Waals surface area contributed by atoms with Crippen molar-refractivity contribution in [3.05, 3.63) is 24.0 Å². The predicted molar refractivity (Wildman–Crippen MR) is 104 cm³/mol. The van der Waals surface area contributed by atoms with E-state index in [-0.39, 0.29) is 29.7 Å². The molecule has 1 aliphatic carbocycles. The summed E-state index contributed by atoms with van der Waals surface area (Å²) in [6.07, 6.45) is -1.09. The van der Waals surface area contributed by atoms with E-state index < -0.39 is 21.9 Å². The second-order valence-corrected chi connectivity index (χ2v) is 11.1. The first kappa shape index (κ1) is 21.7. The van der Waals surface area contributed by atoms with Crippen LogP contribution in [0.15, 0.2) is 18.3 Å². The van der Waals surface area contributed by atoms with Crippen LogP contribution >= 0.6 is 0 Å². The molecule has 176 valence electrons. The lowest BCUT2D eigenvalue weighted by molar-refractivity contribution is -0.274. The highest BCUT2D eigenvalue weighted by atomic mass is 32.2. The molecule has 1 aromatic heterocycles. The van der Waals surface area contributed by atoms with Crippen molar-refractivity contribution in [3.8, 4) is 5.75 Å². The molecular weight excluding hydrogens is 453 g/mol. The van der Waals surface area contributed by atoms with Gasteiger partial charge in [-0.05, 0) is 37.3 Å². The fourth-order valence-electron chi connectivity index (χ4n) is 5.40. The number of halogens is 3. The fourth-order valence-corrected chi connectivity index (χ4v) is 6.61. The summed E-state index contributed by atoms with van der Waals surface area (Å²) in [6, 6.07) is 2.73. The Morgan fingerprint density at radius 2 is 1.91 bits per heavy atom. The Labute approximate surface area is 182 Å². The van der Waals surface area contributed by atoms with Crippen molar-refractivity contribution >= 4 is 16.1 Å². The molecule has 5 rings (SSSR count). The van der Waals surface area contributed by atoms with Crippen LogP contribution in [0.4, 0.5) is 18.0 Å². The number of hydrogen-bond donors (Lipinski definition) is 1. The molecule has 4 heterocycles. The monoisotopic (exact) mass is 476 g/mol. The van der Waals surface area contributed by atoms with Gasteiger partial charge in [0.2, 0.25) is 10.0 Å². The van der Waals surface area contributed by atoms with Gasteiger partial charge in [0.1, 0.15) is 5.75 Å². The van der Waals surface area contributed by atoms with Crippen molar-refractivity contribution < 1.29 is 35.9 Å². The second-order valence-electron chi connectivity index (χ2n) is 9.47. The molecule has 3 saturated heterocycles. The summed E-state index contributed by atoms with van der Waals surface area (Å²) in [5, 5.41) is 0. The van der Waals surface area contributed by atoms with Crippen LogP contribution in [-0.4, -0.2) is 79.9 Å². The maximum atomic E-state index is 12.7. The third-order valence-corrected chi connectivity index (χ3v) is 7.76. The lowest BCUT2D eigenvalue weighted by Gasteiger charge is -2.61. The zero-order chi connectivity index (χ0) is 22.8. The molecule has 9 nitrogen and oxygen atoms in total. The van der Waals surface area contributed by atoms with Gasteiger partial charge in [-0.3, -0.25) is 4.98 Å². The van der Waals surface area contributed by atoms with E-state index in [0.717, 1.165) is 24.7 Å². The molecule has 0 radical (unpaired) electrons. The molecule has 1 N–H and O–H groups in total. The Morgan fingerprint density at radius 1 is 1.22 bits per heavy atom. The highest BCUT2D eigenvalue weighted by molar-refractivity contribution is 7.89. The van der Waals surface area contributed by atoms with Crippen LogP contribution in [-0.2, 0) is 21.2 Å². The molecule has 0 atom stereocenters. The maximum Gasteiger partial charge on any atom is 0.573 e. The number of carbonyl (C=O) groups is 1. The standard InChI is InChI=1S/C19H23F3N4O5S/c20-19(21,22)31-15-2-1-14(23-6-15)3-13-4-17(5-13)7-25(8-17)16(27)26-9-18(10-26)11-30-12-32(28,29)24-18/h1-2,6,13,24H,3-5,7-12H2. The van der Waals surface area contributed by atoms with Crippen LogP contribution in [0.1, 0.15) is 18.5 Å². The van der Waals surface area contributed by atoms with Gasteiger partial charge >= 0.3 is 12.4 Å². The lowest BCUT2D eigenvalue weighted by atomic mass is 9.57. The number of aromatic nitrogens is 1. The number of urea groups is 1. The van der Waals surface area contributed by atoms with Crippen LogP contribution < -0.4 is 9.46 Å². The topological polar surface area (TPSA) is 101 Å². The molecular formula is C19H23F3N4O5S. The minimum atomic E-state index is -4.73. The summed E-state index contributed by atoms with van der Waals surface area (Å²) < 4.78 is 71.7. The number of sulfonamides is 1. The highest BCUT2D eigenvalue weighted by Crippen LogP contribution is 2.53. The minimum absolute atomic E-state index is 0.0867. The van der Waals surface area contributed by atoms with E-state index in [4.69, 9.17) is 4.74 Å². The van der Waals surface area contributed by atoms with E-state index in [1.807, 2.05) is 0 Å². The van der Waals surface area contributed by atoms with Gasteiger partial charge in [-0.2, -0.15) is 0 Å². The number of likely N-dealkylation sites (tertiary alicyclic amines) is 2. The molecule has 0 unspecified atom stereocenters. The lowest BCUT2D eigenvalue weighted by Crippen LogP contribution is -2.77. The molecule has 2 spiro atoms. The van der Waals surface area contributed by atoms with E-state index in [1.165, 1.54) is 6.07 Å². The number of nitrogens with one attached hydrogen (secondary N) is 1. The van der Waals surface area contributed by atoms with Gasteiger partial charge in [0.05, 0.1) is 18.3 Å². The molecule has 0 aromatic carbocycles. The van der Waals surface area contributed by atoms with Gasteiger partial charge in [-0.15, -0.1) is 13.2 Å². The largest absolute Gasteiger partial charge is 0.573 e. The van der Waals surface area contributed by atoms with Crippen LogP contribution in [0.2, 0.25) is 0 Å². The van der Waals surface area contributed by atoms with Crippen LogP contribution in [0.25, 0.3) is 0 Å². The smallest absolute Gasteiger partial charge is 0.404 e. The Morgan fingerprint density at radius 3 is 2.50 bits per heavy atom. The van der Waals surface area contributed by atoms with Crippen molar-refractivity contribution in [3.63, 3.8) is 0 Å². The average molecular weight is 476 g/mol. The number of pyridine rings is 1. The molecule has 0 bridgehead atoms. The summed E-state index contributed by atoms with van der Waals surface area (Å²) in [5.74, 6) is -0.297. The average Bonchev–Trinajstić information content (AvgIpc) is 2.59. The van der Waals surface area contributed by atoms with Gasteiger partial charge in [-0.25, -0.2) is 17.9 Å². The first-order chi connectivity index (χ1) is 14.9. The van der Waals surface area contributed by atoms with Crippen molar-refractivity contribution in [1.29, 1.82) is 0 Å². The zero-order valence-electron chi connectivity index (χ0n) is 17.1. The Balaban J connectivity index is 1.05. The second kappa shape index (κ2) is 7.19. The number of amides is 2. The third kappa shape index (κ3) is 4.25. The van der Waals surface area contributed by atoms with Crippen molar-refractivity contribution in [2.45, 2.75) is 31.2 Å². The molecule has 32 heavy (non-hydrogen) atoms. The van der Waals surface area contributed by atoms with E-state index >= 15 is 0 Å². The number of ether oxygens (including phenoxy) is 2. The van der Waals surface area contributed by atoms with Gasteiger partial charge < -0.3 is 19.3 Å². The molecule has 13 heteroatoms. The summed E-state index contributed by atoms with van der Waals surface area (Å²) in [7, 11) is -3.45. The van der Waals surface area contributed by atoms with E-state index in [2.05, 4.69) is 14.4 Å². The summed E-state index contributed by atoms with van der Waals surface area (Å²) in [5.41, 5.74) is 0.122. The normalized spacial score (nSPS) is 25.7. The molecule has 1 saturated carbocycles. The van der Waals surface area contributed by atoms with Crippen molar-refractivity contribution in [2.24, 2.45) is 11.3 Å². The molecule has 4 fully saturated rings. The zero-order valence-corrected chi connectivity index (χ0v) is 17.9. The predicted octanol–water partition coefficient (Wildman–Crippen LogP) is 1.32. The van der Waals surface area contributed by atoms with Crippen molar-refractivity contribution in [1.82, 2.24) is 19.5 Å². The number of alkyl halides is 3. The molecule has 1 aromatic rings. The Hall–Kier alpha value is -2.12. The quantitative estimate of drug-likeness (QED) is 0.706. The SMILES string of the molecule is O=C(N1CC2(CC(Cc3ccc(OC(F)(F)F)cn3)C2)C1)N1CC2(COCS(=O)(=O)N2)C1. The van der Waals surface area contributed by atoms with Gasteiger partial charge in [0.15, 0.2) is 5.94 Å². The van der Waals surface area contributed by atoms with E-state index in [1.54, 1.807) is 15.9 Å². The number of rotatable bonds is 3. The van der Waals surface area contributed by atoms with Gasteiger partial charge in [-0.1, -0.05) is 0 Å². The number of hydrogen-bond acceptors (Lipinski definition) is 6. The molecule has 2 amide bonds. The summed E-state index contributed by atoms with van der Waals surface area (Å²) >= 11 is 0. The first-order valence-electron chi connectivity index (χ1n) is 10.3.